The molecule has 0 radical (unpaired) electrons. The van der Waals surface area contributed by atoms with Crippen LogP contribution in [-0.2, 0) is 19.1 Å². The zero-order chi connectivity index (χ0) is 25.1. The van der Waals surface area contributed by atoms with Crippen molar-refractivity contribution >= 4 is 11.8 Å². The van der Waals surface area contributed by atoms with Crippen molar-refractivity contribution in [3.8, 4) is 0 Å². The first kappa shape index (κ1) is 24.2. The fourth-order valence-electron chi connectivity index (χ4n) is 5.41. The molecule has 6 heteroatoms. The van der Waals surface area contributed by atoms with Gasteiger partial charge in [0.05, 0.1) is 0 Å². The number of rotatable bonds is 9. The van der Waals surface area contributed by atoms with E-state index < -0.39 is 23.8 Å². The van der Waals surface area contributed by atoms with Crippen LogP contribution in [0, 0.1) is 0 Å². The minimum absolute atomic E-state index is 0.261. The Balaban J connectivity index is 1.74. The van der Waals surface area contributed by atoms with E-state index in [0.29, 0.717) is 18.8 Å². The van der Waals surface area contributed by atoms with Crippen molar-refractivity contribution in [3.63, 3.8) is 0 Å². The molecule has 0 bridgehead atoms. The zero-order valence-electron chi connectivity index (χ0n) is 20.7. The number of carbonyl (C=O) groups excluding carboxylic acids is 2. The van der Waals surface area contributed by atoms with Crippen LogP contribution in [0.25, 0.3) is 0 Å². The molecule has 2 aliphatic rings. The molecule has 0 aliphatic carbocycles. The maximum atomic E-state index is 14.1. The maximum Gasteiger partial charge on any atom is 0.259 e. The zero-order valence-corrected chi connectivity index (χ0v) is 20.7. The molecule has 2 fully saturated rings. The van der Waals surface area contributed by atoms with E-state index >= 15 is 0 Å². The fraction of sp³-hybridized carbons (Fsp3) is 0.333. The molecule has 5 rings (SSSR count). The topological polar surface area (TPSA) is 59.1 Å². The molecule has 6 nitrogen and oxygen atoms in total. The van der Waals surface area contributed by atoms with Crippen molar-refractivity contribution in [3.05, 3.63) is 108 Å². The lowest BCUT2D eigenvalue weighted by Gasteiger charge is -2.39. The van der Waals surface area contributed by atoms with Crippen molar-refractivity contribution in [2.45, 2.75) is 50.5 Å². The highest BCUT2D eigenvalue weighted by atomic mass is 16.7. The lowest BCUT2D eigenvalue weighted by molar-refractivity contribution is -0.262. The Labute approximate surface area is 212 Å². The second-order valence-corrected chi connectivity index (χ2v) is 9.25. The minimum Gasteiger partial charge on any atom is -0.346 e. The number of hydrogen-bond acceptors (Lipinski definition) is 4. The van der Waals surface area contributed by atoms with Gasteiger partial charge >= 0.3 is 0 Å². The summed E-state index contributed by atoms with van der Waals surface area (Å²) in [6.07, 6.45) is 1.55. The van der Waals surface area contributed by atoms with Crippen molar-refractivity contribution in [1.29, 1.82) is 0 Å². The summed E-state index contributed by atoms with van der Waals surface area (Å²) in [7, 11) is 0. The van der Waals surface area contributed by atoms with E-state index in [1.165, 1.54) is 0 Å². The molecule has 0 N–H and O–H groups in total. The monoisotopic (exact) mass is 484 g/mol. The highest BCUT2D eigenvalue weighted by molar-refractivity contribution is 6.11. The van der Waals surface area contributed by atoms with Crippen LogP contribution < -0.4 is 0 Å². The number of nitrogens with zero attached hydrogens (tertiary/aromatic N) is 2. The molecule has 2 saturated heterocycles. The molecule has 0 spiro atoms. The van der Waals surface area contributed by atoms with Gasteiger partial charge < -0.3 is 9.47 Å². The molecular formula is C30H32N2O4. The Morgan fingerprint density at radius 2 is 0.972 bits per heavy atom. The average Bonchev–Trinajstić information content (AvgIpc) is 3.36. The minimum atomic E-state index is -1.26. The van der Waals surface area contributed by atoms with Crippen LogP contribution in [0.4, 0.5) is 0 Å². The van der Waals surface area contributed by atoms with E-state index in [1.54, 1.807) is 10.0 Å². The summed E-state index contributed by atoms with van der Waals surface area (Å²) < 4.78 is 13.3. The summed E-state index contributed by atoms with van der Waals surface area (Å²) in [4.78, 5) is 28.3. The van der Waals surface area contributed by atoms with Crippen LogP contribution in [0.2, 0.25) is 0 Å². The third-order valence-electron chi connectivity index (χ3n) is 6.86. The molecule has 2 aliphatic heterocycles. The van der Waals surface area contributed by atoms with Gasteiger partial charge in [-0.3, -0.25) is 9.59 Å². The predicted molar refractivity (Wildman–Crippen MR) is 136 cm³/mol. The third-order valence-corrected chi connectivity index (χ3v) is 6.86. The smallest absolute Gasteiger partial charge is 0.259 e. The first-order valence-corrected chi connectivity index (χ1v) is 12.7. The summed E-state index contributed by atoms with van der Waals surface area (Å²) in [6.45, 7) is 4.95. The van der Waals surface area contributed by atoms with Crippen LogP contribution >= 0.6 is 0 Å². The summed E-state index contributed by atoms with van der Waals surface area (Å²) >= 11 is 0. The van der Waals surface area contributed by atoms with Gasteiger partial charge in [-0.1, -0.05) is 105 Å². The number of fused-ring (bicyclic) bond motifs is 1. The Hall–Kier alpha value is -3.48. The van der Waals surface area contributed by atoms with Crippen molar-refractivity contribution in [1.82, 2.24) is 10.0 Å². The second-order valence-electron chi connectivity index (χ2n) is 9.25. The van der Waals surface area contributed by atoms with Crippen LogP contribution in [0.1, 0.15) is 61.4 Å². The highest BCUT2D eigenvalue weighted by Gasteiger charge is 2.69. The lowest BCUT2D eigenvalue weighted by Crippen LogP contribution is -2.48. The Bertz CT molecular complexity index is 1110. The van der Waals surface area contributed by atoms with Gasteiger partial charge in [0.1, 0.15) is 18.0 Å². The number of hydrogen-bond donors (Lipinski definition) is 0. The predicted octanol–water partition coefficient (Wildman–Crippen LogP) is 5.40. The van der Waals surface area contributed by atoms with E-state index in [4.69, 9.17) is 9.47 Å². The number of amides is 2. The van der Waals surface area contributed by atoms with Crippen LogP contribution in [0.3, 0.4) is 0 Å². The van der Waals surface area contributed by atoms with Gasteiger partial charge in [0.25, 0.3) is 11.8 Å². The van der Waals surface area contributed by atoms with Gasteiger partial charge in [0.2, 0.25) is 5.79 Å². The normalized spacial score (nSPS) is 22.8. The Morgan fingerprint density at radius 1 is 0.611 bits per heavy atom. The molecule has 0 aromatic heterocycles. The van der Waals surface area contributed by atoms with E-state index in [1.807, 2.05) is 105 Å². The molecule has 2 unspecified atom stereocenters. The highest BCUT2D eigenvalue weighted by Crippen LogP contribution is 2.58. The molecule has 3 aromatic rings. The van der Waals surface area contributed by atoms with E-state index in [-0.39, 0.29) is 11.8 Å². The molecule has 36 heavy (non-hydrogen) atoms. The number of hydrazine groups is 1. The molecule has 2 heterocycles. The van der Waals surface area contributed by atoms with E-state index in [0.717, 1.165) is 24.0 Å². The van der Waals surface area contributed by atoms with Crippen LogP contribution in [0.5, 0.6) is 0 Å². The van der Waals surface area contributed by atoms with Crippen LogP contribution in [0.15, 0.2) is 91.0 Å². The Morgan fingerprint density at radius 3 is 1.33 bits per heavy atom. The number of benzene rings is 3. The quantitative estimate of drug-likeness (QED) is 0.301. The van der Waals surface area contributed by atoms with E-state index in [2.05, 4.69) is 0 Å². The van der Waals surface area contributed by atoms with Crippen molar-refractivity contribution in [2.24, 2.45) is 0 Å². The lowest BCUT2D eigenvalue weighted by atomic mass is 9.87. The molecule has 2 amide bonds. The molecular weight excluding hydrogens is 452 g/mol. The van der Waals surface area contributed by atoms with Gasteiger partial charge in [0.15, 0.2) is 0 Å². The molecule has 186 valence electrons. The average molecular weight is 485 g/mol. The van der Waals surface area contributed by atoms with Crippen LogP contribution in [-0.4, -0.2) is 40.8 Å². The van der Waals surface area contributed by atoms with Gasteiger partial charge in [-0.15, -0.1) is 0 Å². The summed E-state index contributed by atoms with van der Waals surface area (Å²) in [6, 6.07) is 27.6. The Kier molecular flexibility index (Phi) is 6.90. The molecule has 2 atom stereocenters. The van der Waals surface area contributed by atoms with E-state index in [9.17, 15) is 9.59 Å². The first-order valence-electron chi connectivity index (χ1n) is 12.7. The van der Waals surface area contributed by atoms with Gasteiger partial charge in [-0.05, 0) is 29.5 Å². The van der Waals surface area contributed by atoms with Crippen molar-refractivity contribution in [2.75, 3.05) is 13.2 Å². The largest absolute Gasteiger partial charge is 0.346 e. The molecule has 3 aromatic carbocycles. The summed E-state index contributed by atoms with van der Waals surface area (Å²) in [5.41, 5.74) is 2.42. The SMILES string of the molecule is CCCOC1(OCCC)C(c2ccccc2)N2C(=O)C(c3ccccc3)C(=O)N2C1c1ccccc1. The first-order chi connectivity index (χ1) is 17.6. The second kappa shape index (κ2) is 10.2. The third kappa shape index (κ3) is 3.91. The van der Waals surface area contributed by atoms with Crippen molar-refractivity contribution < 1.29 is 19.1 Å². The number of carbonyl (C=O) groups is 2. The summed E-state index contributed by atoms with van der Waals surface area (Å²) in [5.74, 6) is -2.69. The standard InChI is InChI=1S/C30H32N2O4/c1-3-20-35-30(36-21-4-2)26(23-16-10-6-11-17-23)31-28(33)25(22-14-8-5-9-15-22)29(34)32(31)27(30)24-18-12-7-13-19-24/h5-19,25-27H,3-4,20-21H2,1-2H3. The van der Waals surface area contributed by atoms with Gasteiger partial charge in [0, 0.05) is 13.2 Å². The van der Waals surface area contributed by atoms with Gasteiger partial charge in [-0.2, -0.15) is 0 Å². The summed E-state index contributed by atoms with van der Waals surface area (Å²) in [5, 5.41) is 3.22. The number of ether oxygens (including phenoxy) is 2. The van der Waals surface area contributed by atoms with Gasteiger partial charge in [-0.25, -0.2) is 10.0 Å². The maximum absolute atomic E-state index is 14.1. The fourth-order valence-corrected chi connectivity index (χ4v) is 5.41. The molecule has 0 saturated carbocycles.